The minimum Gasteiger partial charge on any atom is -0.347 e. The van der Waals surface area contributed by atoms with Crippen LogP contribution in [0.3, 0.4) is 0 Å². The number of likely N-dealkylation sites (tertiary alicyclic amines) is 1. The Morgan fingerprint density at radius 2 is 2.00 bits per heavy atom. The molecule has 152 valence electrons. The van der Waals surface area contributed by atoms with Crippen LogP contribution in [0.15, 0.2) is 29.3 Å². The fraction of sp³-hybridized carbons (Fsp3) is 0.524. The van der Waals surface area contributed by atoms with E-state index in [9.17, 15) is 14.4 Å². The van der Waals surface area contributed by atoms with Crippen molar-refractivity contribution in [3.05, 3.63) is 40.6 Å². The topological polar surface area (TPSA) is 111 Å². The Kier molecular flexibility index (Phi) is 4.49. The first-order valence-corrected chi connectivity index (χ1v) is 10.4. The second-order valence-corrected chi connectivity index (χ2v) is 8.48. The van der Waals surface area contributed by atoms with Crippen molar-refractivity contribution >= 4 is 22.8 Å². The third-order valence-corrected chi connectivity index (χ3v) is 6.47. The Bertz CT molecular complexity index is 1030. The molecule has 0 radical (unpaired) electrons. The van der Waals surface area contributed by atoms with Gasteiger partial charge >= 0.3 is 5.69 Å². The average molecular weight is 395 g/mol. The van der Waals surface area contributed by atoms with E-state index in [1.807, 2.05) is 11.0 Å². The predicted octanol–water partition coefficient (Wildman–Crippen LogP) is 1.57. The number of fused-ring (bicyclic) bond motifs is 1. The number of allylic oxidation sites excluding steroid dienone is 1. The number of nitrogens with zero attached hydrogens (tertiary/aromatic N) is 2. The van der Waals surface area contributed by atoms with Crippen LogP contribution in [0.5, 0.6) is 0 Å². The van der Waals surface area contributed by atoms with E-state index in [0.29, 0.717) is 35.6 Å². The van der Waals surface area contributed by atoms with Gasteiger partial charge in [-0.2, -0.15) is 0 Å². The molecule has 2 amide bonds. The van der Waals surface area contributed by atoms with Crippen LogP contribution in [-0.4, -0.2) is 50.8 Å². The number of H-pyrrole nitrogens is 2. The summed E-state index contributed by atoms with van der Waals surface area (Å²) < 4.78 is 0. The van der Waals surface area contributed by atoms with Gasteiger partial charge in [0.1, 0.15) is 0 Å². The molecule has 0 bridgehead atoms. The van der Waals surface area contributed by atoms with Gasteiger partial charge < -0.3 is 20.2 Å². The number of carbonyl (C=O) groups is 2. The number of aromatic nitrogens is 3. The summed E-state index contributed by atoms with van der Waals surface area (Å²) in [6.45, 7) is 1.26. The van der Waals surface area contributed by atoms with E-state index in [0.717, 1.165) is 32.1 Å². The van der Waals surface area contributed by atoms with E-state index in [2.05, 4.69) is 26.3 Å². The summed E-state index contributed by atoms with van der Waals surface area (Å²) in [4.78, 5) is 48.9. The molecular weight excluding hydrogens is 370 g/mol. The van der Waals surface area contributed by atoms with Crippen LogP contribution < -0.4 is 11.0 Å². The van der Waals surface area contributed by atoms with Crippen LogP contribution in [0.1, 0.15) is 42.5 Å². The summed E-state index contributed by atoms with van der Waals surface area (Å²) in [7, 11) is 0. The quantitative estimate of drug-likeness (QED) is 0.683. The number of amides is 2. The average Bonchev–Trinajstić information content (AvgIpc) is 3.38. The normalized spacial score (nSPS) is 26.8. The fourth-order valence-electron chi connectivity index (χ4n) is 4.79. The molecule has 5 rings (SSSR count). The van der Waals surface area contributed by atoms with Gasteiger partial charge in [0.15, 0.2) is 0 Å². The maximum absolute atomic E-state index is 13.0. The van der Waals surface area contributed by atoms with Gasteiger partial charge in [-0.15, -0.1) is 0 Å². The first-order valence-electron chi connectivity index (χ1n) is 10.4. The third kappa shape index (κ3) is 3.47. The molecule has 1 unspecified atom stereocenters. The van der Waals surface area contributed by atoms with Gasteiger partial charge in [0, 0.05) is 25.2 Å². The number of imidazole rings is 1. The van der Waals surface area contributed by atoms with E-state index < -0.39 is 0 Å². The third-order valence-electron chi connectivity index (χ3n) is 6.47. The number of aromatic amines is 2. The monoisotopic (exact) mass is 395 g/mol. The molecule has 3 atom stereocenters. The number of pyridine rings is 1. The van der Waals surface area contributed by atoms with Gasteiger partial charge in [0.2, 0.25) is 5.91 Å². The summed E-state index contributed by atoms with van der Waals surface area (Å²) in [5.74, 6) is 0.748. The maximum Gasteiger partial charge on any atom is 0.323 e. The lowest BCUT2D eigenvalue weighted by molar-refractivity contribution is -0.133. The van der Waals surface area contributed by atoms with E-state index in [4.69, 9.17) is 0 Å². The Balaban J connectivity index is 1.34. The van der Waals surface area contributed by atoms with Crippen molar-refractivity contribution in [3.8, 4) is 0 Å². The molecule has 3 N–H and O–H groups in total. The Morgan fingerprint density at radius 3 is 2.76 bits per heavy atom. The van der Waals surface area contributed by atoms with Crippen molar-refractivity contribution in [2.24, 2.45) is 17.8 Å². The van der Waals surface area contributed by atoms with Gasteiger partial charge in [-0.25, -0.2) is 4.79 Å². The number of rotatable bonds is 4. The molecule has 1 saturated carbocycles. The zero-order valence-electron chi connectivity index (χ0n) is 16.2. The summed E-state index contributed by atoms with van der Waals surface area (Å²) in [6, 6.07) is -0.0764. The highest BCUT2D eigenvalue weighted by Crippen LogP contribution is 2.42. The van der Waals surface area contributed by atoms with Gasteiger partial charge in [-0.1, -0.05) is 12.2 Å². The van der Waals surface area contributed by atoms with Crippen molar-refractivity contribution in [2.45, 2.75) is 38.1 Å². The van der Waals surface area contributed by atoms with Crippen LogP contribution in [0.4, 0.5) is 0 Å². The van der Waals surface area contributed by atoms with Gasteiger partial charge in [-0.3, -0.25) is 14.6 Å². The molecule has 0 aromatic carbocycles. The molecule has 2 aliphatic carbocycles. The molecule has 2 fully saturated rings. The Morgan fingerprint density at radius 1 is 1.14 bits per heavy atom. The molecule has 0 spiro atoms. The van der Waals surface area contributed by atoms with Gasteiger partial charge in [0.05, 0.1) is 34.8 Å². The lowest BCUT2D eigenvalue weighted by atomic mass is 9.94. The zero-order valence-corrected chi connectivity index (χ0v) is 16.2. The smallest absolute Gasteiger partial charge is 0.323 e. The fourth-order valence-corrected chi connectivity index (χ4v) is 4.79. The van der Waals surface area contributed by atoms with Crippen LogP contribution in [0, 0.1) is 17.8 Å². The van der Waals surface area contributed by atoms with E-state index in [1.165, 1.54) is 12.4 Å². The van der Waals surface area contributed by atoms with E-state index >= 15 is 0 Å². The maximum atomic E-state index is 13.0. The van der Waals surface area contributed by atoms with Crippen LogP contribution >= 0.6 is 0 Å². The molecular formula is C21H25N5O3. The molecule has 1 saturated heterocycles. The number of hydrogen-bond donors (Lipinski definition) is 3. The van der Waals surface area contributed by atoms with Crippen molar-refractivity contribution in [1.82, 2.24) is 25.2 Å². The van der Waals surface area contributed by atoms with Crippen LogP contribution in [-0.2, 0) is 4.79 Å². The second-order valence-electron chi connectivity index (χ2n) is 8.48. The Hall–Kier alpha value is -2.90. The molecule has 2 aromatic heterocycles. The minimum absolute atomic E-state index is 0.0269. The summed E-state index contributed by atoms with van der Waals surface area (Å²) >= 11 is 0. The minimum atomic E-state index is -0.365. The summed E-state index contributed by atoms with van der Waals surface area (Å²) in [5.41, 5.74) is 0.948. The molecule has 8 heteroatoms. The first kappa shape index (κ1) is 18.1. The van der Waals surface area contributed by atoms with Crippen molar-refractivity contribution in [3.63, 3.8) is 0 Å². The molecule has 8 nitrogen and oxygen atoms in total. The molecule has 2 aromatic rings. The highest BCUT2D eigenvalue weighted by molar-refractivity contribution is 6.04. The van der Waals surface area contributed by atoms with Crippen LogP contribution in [0.2, 0.25) is 0 Å². The molecule has 1 aliphatic heterocycles. The highest BCUT2D eigenvalue weighted by Gasteiger charge is 2.45. The lowest BCUT2D eigenvalue weighted by Gasteiger charge is -2.23. The predicted molar refractivity (Wildman–Crippen MR) is 107 cm³/mol. The Labute approximate surface area is 167 Å². The lowest BCUT2D eigenvalue weighted by Crippen LogP contribution is -2.42. The highest BCUT2D eigenvalue weighted by atomic mass is 16.2. The SMILES string of the molecule is O=C(N[C@@H]1CN(C(=O)C2C=CCCC2)C[C@H]1C1CC1)c1cncc2[nH]c(=O)[nH]c12. The summed E-state index contributed by atoms with van der Waals surface area (Å²) in [6.07, 6.45) is 12.5. The number of carbonyl (C=O) groups excluding carboxylic acids is 2. The van der Waals surface area contributed by atoms with Crippen LogP contribution in [0.25, 0.3) is 11.0 Å². The zero-order chi connectivity index (χ0) is 20.0. The van der Waals surface area contributed by atoms with Gasteiger partial charge in [0.25, 0.3) is 5.91 Å². The largest absolute Gasteiger partial charge is 0.347 e. The number of hydrogen-bond acceptors (Lipinski definition) is 4. The van der Waals surface area contributed by atoms with Crippen molar-refractivity contribution in [2.75, 3.05) is 13.1 Å². The number of nitrogens with one attached hydrogen (secondary N) is 3. The molecule has 3 heterocycles. The summed E-state index contributed by atoms with van der Waals surface area (Å²) in [5, 5.41) is 3.13. The van der Waals surface area contributed by atoms with Crippen molar-refractivity contribution in [1.29, 1.82) is 0 Å². The van der Waals surface area contributed by atoms with Gasteiger partial charge in [-0.05, 0) is 38.0 Å². The van der Waals surface area contributed by atoms with Crippen molar-refractivity contribution < 1.29 is 9.59 Å². The molecule has 29 heavy (non-hydrogen) atoms. The second kappa shape index (κ2) is 7.17. The van der Waals surface area contributed by atoms with E-state index in [1.54, 1.807) is 0 Å². The van der Waals surface area contributed by atoms with E-state index in [-0.39, 0.29) is 35.4 Å². The first-order chi connectivity index (χ1) is 14.1. The standard InChI is InChI=1S/C21H25N5O3/c27-19(14-8-22-9-16-18(14)25-21(29)24-16)23-17-11-26(10-15(17)12-6-7-12)20(28)13-4-2-1-3-5-13/h2,4,8-9,12-13,15,17H,1,3,5-7,10-11H2,(H,23,27)(H2,24,25,29)/t13?,15-,17+/m0/s1. The molecule has 3 aliphatic rings.